The van der Waals surface area contributed by atoms with Crippen molar-refractivity contribution in [3.63, 3.8) is 0 Å². The van der Waals surface area contributed by atoms with E-state index < -0.39 is 16.1 Å². The fourth-order valence-corrected chi connectivity index (χ4v) is 6.29. The van der Waals surface area contributed by atoms with Crippen LogP contribution in [0.4, 0.5) is 0 Å². The lowest BCUT2D eigenvalue weighted by Crippen LogP contribution is -2.50. The summed E-state index contributed by atoms with van der Waals surface area (Å²) >= 11 is 6.88. The summed E-state index contributed by atoms with van der Waals surface area (Å²) in [6.45, 7) is 2.47. The van der Waals surface area contributed by atoms with Crippen molar-refractivity contribution >= 4 is 44.8 Å². The largest absolute Gasteiger partial charge is 0.349 e. The summed E-state index contributed by atoms with van der Waals surface area (Å²) in [7, 11) is -3.60. The van der Waals surface area contributed by atoms with E-state index in [2.05, 4.69) is 5.32 Å². The molecular formula is C19H22ClN3O4S2. The highest BCUT2D eigenvalue weighted by Gasteiger charge is 2.32. The highest BCUT2D eigenvalue weighted by atomic mass is 35.5. The minimum Gasteiger partial charge on any atom is -0.349 e. The van der Waals surface area contributed by atoms with E-state index in [9.17, 15) is 18.0 Å². The number of carbonyl (C=O) groups is 2. The smallest absolute Gasteiger partial charge is 0.252 e. The second-order valence-electron chi connectivity index (χ2n) is 6.71. The third-order valence-corrected chi connectivity index (χ3v) is 8.29. The number of carbonyl (C=O) groups excluding carboxylic acids is 2. The molecule has 1 atom stereocenters. The van der Waals surface area contributed by atoms with Gasteiger partial charge < -0.3 is 10.2 Å². The maximum atomic E-state index is 12.8. The predicted molar refractivity (Wildman–Crippen MR) is 112 cm³/mol. The molecule has 29 heavy (non-hydrogen) atoms. The van der Waals surface area contributed by atoms with Gasteiger partial charge in [0.1, 0.15) is 4.21 Å². The zero-order valence-electron chi connectivity index (χ0n) is 15.9. The van der Waals surface area contributed by atoms with Crippen molar-refractivity contribution in [2.75, 3.05) is 26.2 Å². The molecule has 1 saturated heterocycles. The van der Waals surface area contributed by atoms with Gasteiger partial charge in [-0.3, -0.25) is 9.59 Å². The fourth-order valence-electron chi connectivity index (χ4n) is 3.23. The molecular weight excluding hydrogens is 434 g/mol. The van der Waals surface area contributed by atoms with Crippen LogP contribution in [-0.4, -0.2) is 55.6 Å². The minimum absolute atomic E-state index is 0.121. The molecule has 10 heteroatoms. The first kappa shape index (κ1) is 21.8. The molecule has 0 spiro atoms. The van der Waals surface area contributed by atoms with Crippen LogP contribution in [-0.2, 0) is 19.6 Å². The van der Waals surface area contributed by atoms with E-state index in [0.717, 1.165) is 16.9 Å². The topological polar surface area (TPSA) is 86.8 Å². The number of benzene rings is 1. The average molecular weight is 456 g/mol. The van der Waals surface area contributed by atoms with Crippen molar-refractivity contribution < 1.29 is 18.0 Å². The van der Waals surface area contributed by atoms with Crippen LogP contribution in [0.1, 0.15) is 24.9 Å². The Labute approximate surface area is 179 Å². The van der Waals surface area contributed by atoms with E-state index in [0.29, 0.717) is 17.4 Å². The van der Waals surface area contributed by atoms with Crippen molar-refractivity contribution in [1.82, 2.24) is 14.5 Å². The molecule has 2 heterocycles. The van der Waals surface area contributed by atoms with Crippen LogP contribution in [0.5, 0.6) is 0 Å². The van der Waals surface area contributed by atoms with Gasteiger partial charge in [0.25, 0.3) is 10.0 Å². The van der Waals surface area contributed by atoms with Gasteiger partial charge in [-0.25, -0.2) is 8.42 Å². The second kappa shape index (κ2) is 9.25. The molecule has 1 aromatic heterocycles. The van der Waals surface area contributed by atoms with Gasteiger partial charge in [-0.05, 0) is 17.7 Å². The van der Waals surface area contributed by atoms with E-state index in [1.54, 1.807) is 11.0 Å². The molecule has 0 radical (unpaired) electrons. The van der Waals surface area contributed by atoms with Gasteiger partial charge in [-0.1, -0.05) is 41.9 Å². The summed E-state index contributed by atoms with van der Waals surface area (Å²) in [5.41, 5.74) is 0.854. The molecule has 1 fully saturated rings. The van der Waals surface area contributed by atoms with Gasteiger partial charge in [0.2, 0.25) is 11.8 Å². The first-order chi connectivity index (χ1) is 13.8. The van der Waals surface area contributed by atoms with Crippen molar-refractivity contribution in [2.24, 2.45) is 0 Å². The highest BCUT2D eigenvalue weighted by Crippen LogP contribution is 2.28. The van der Waals surface area contributed by atoms with Crippen LogP contribution in [0.25, 0.3) is 0 Å². The van der Waals surface area contributed by atoms with Gasteiger partial charge in [0.15, 0.2) is 0 Å². The zero-order chi connectivity index (χ0) is 21.0. The van der Waals surface area contributed by atoms with Crippen LogP contribution in [0.15, 0.2) is 46.7 Å². The van der Waals surface area contributed by atoms with E-state index in [1.165, 1.54) is 17.3 Å². The summed E-state index contributed by atoms with van der Waals surface area (Å²) < 4.78 is 27.4. The summed E-state index contributed by atoms with van der Waals surface area (Å²) in [4.78, 5) is 26.0. The molecule has 156 valence electrons. The van der Waals surface area contributed by atoms with Gasteiger partial charge in [0, 0.05) is 33.1 Å². The number of hydrogen-bond acceptors (Lipinski definition) is 5. The Bertz CT molecular complexity index is 970. The van der Waals surface area contributed by atoms with Crippen molar-refractivity contribution in [3.8, 4) is 0 Å². The molecule has 3 rings (SSSR count). The molecule has 0 bridgehead atoms. The standard InChI is InChI=1S/C19H22ClN3O4S2/c1-14(24)21-16(15-5-3-2-4-6-15)13-18(25)22-9-11-23(12-10-22)29(26,27)19-8-7-17(20)28-19/h2-8,16H,9-13H2,1H3,(H,21,24)/t16-/m1/s1. The Balaban J connectivity index is 1.62. The minimum atomic E-state index is -3.60. The van der Waals surface area contributed by atoms with Crippen molar-refractivity contribution in [3.05, 3.63) is 52.4 Å². The quantitative estimate of drug-likeness (QED) is 0.725. The Morgan fingerprint density at radius 2 is 1.76 bits per heavy atom. The number of halogens is 1. The summed E-state index contributed by atoms with van der Waals surface area (Å²) in [5.74, 6) is -0.332. The first-order valence-electron chi connectivity index (χ1n) is 9.12. The molecule has 7 nitrogen and oxygen atoms in total. The molecule has 0 saturated carbocycles. The number of rotatable bonds is 6. The Hall–Kier alpha value is -1.94. The van der Waals surface area contributed by atoms with Crippen molar-refractivity contribution in [2.45, 2.75) is 23.6 Å². The number of nitrogens with one attached hydrogen (secondary N) is 1. The summed E-state index contributed by atoms with van der Waals surface area (Å²) in [6, 6.07) is 12.0. The van der Waals surface area contributed by atoms with Gasteiger partial charge in [-0.2, -0.15) is 4.31 Å². The number of hydrogen-bond donors (Lipinski definition) is 1. The van der Waals surface area contributed by atoms with Crippen molar-refractivity contribution in [1.29, 1.82) is 0 Å². The first-order valence-corrected chi connectivity index (χ1v) is 11.8. The number of thiophene rings is 1. The third kappa shape index (κ3) is 5.36. The number of sulfonamides is 1. The SMILES string of the molecule is CC(=O)N[C@H](CC(=O)N1CCN(S(=O)(=O)c2ccc(Cl)s2)CC1)c1ccccc1. The highest BCUT2D eigenvalue weighted by molar-refractivity contribution is 7.91. The number of nitrogens with zero attached hydrogens (tertiary/aromatic N) is 2. The molecule has 2 aromatic rings. The lowest BCUT2D eigenvalue weighted by atomic mass is 10.0. The molecule has 1 N–H and O–H groups in total. The fraction of sp³-hybridized carbons (Fsp3) is 0.368. The third-order valence-electron chi connectivity index (χ3n) is 4.69. The van der Waals surface area contributed by atoms with E-state index in [1.807, 2.05) is 30.3 Å². The molecule has 1 aliphatic heterocycles. The summed E-state index contributed by atoms with van der Waals surface area (Å²) in [5, 5.41) is 2.82. The lowest BCUT2D eigenvalue weighted by molar-refractivity contribution is -0.133. The van der Waals surface area contributed by atoms with E-state index in [4.69, 9.17) is 11.6 Å². The molecule has 1 aromatic carbocycles. The van der Waals surface area contributed by atoms with Crippen LogP contribution in [0, 0.1) is 0 Å². The Kier molecular flexibility index (Phi) is 6.94. The van der Waals surface area contributed by atoms with Gasteiger partial charge in [-0.15, -0.1) is 11.3 Å². The van der Waals surface area contributed by atoms with Crippen LogP contribution in [0.2, 0.25) is 4.34 Å². The summed E-state index contributed by atoms with van der Waals surface area (Å²) in [6.07, 6.45) is 0.122. The van der Waals surface area contributed by atoms with E-state index >= 15 is 0 Å². The monoisotopic (exact) mass is 455 g/mol. The molecule has 2 amide bonds. The zero-order valence-corrected chi connectivity index (χ0v) is 18.3. The maximum Gasteiger partial charge on any atom is 0.252 e. The van der Waals surface area contributed by atoms with E-state index in [-0.39, 0.29) is 35.5 Å². The van der Waals surface area contributed by atoms with Crippen LogP contribution < -0.4 is 5.32 Å². The normalized spacial score (nSPS) is 16.4. The predicted octanol–water partition coefficient (Wildman–Crippen LogP) is 2.50. The number of amides is 2. The molecule has 0 aliphatic carbocycles. The van der Waals surface area contributed by atoms with Gasteiger partial charge in [0.05, 0.1) is 16.8 Å². The Morgan fingerprint density at radius 3 is 2.31 bits per heavy atom. The average Bonchev–Trinajstić information content (AvgIpc) is 3.15. The van der Waals surface area contributed by atoms with Crippen LogP contribution >= 0.6 is 22.9 Å². The van der Waals surface area contributed by atoms with Gasteiger partial charge >= 0.3 is 0 Å². The number of piperazine rings is 1. The lowest BCUT2D eigenvalue weighted by Gasteiger charge is -2.34. The second-order valence-corrected chi connectivity index (χ2v) is 10.6. The van der Waals surface area contributed by atoms with Crippen LogP contribution in [0.3, 0.4) is 0 Å². The molecule has 1 aliphatic rings. The maximum absolute atomic E-state index is 12.8. The molecule has 0 unspecified atom stereocenters. The Morgan fingerprint density at radius 1 is 1.10 bits per heavy atom.